The number of carboxylic acids is 1. The minimum absolute atomic E-state index is 0.0304. The average molecular weight is 448 g/mol. The van der Waals surface area contributed by atoms with Crippen molar-refractivity contribution in [1.82, 2.24) is 9.88 Å². The van der Waals surface area contributed by atoms with Crippen molar-refractivity contribution in [2.45, 2.75) is 26.8 Å². The number of aromatic nitrogens is 1. The molecule has 1 fully saturated rings. The molecule has 3 aromatic rings. The molecule has 1 atom stereocenters. The second-order valence-corrected chi connectivity index (χ2v) is 8.12. The highest BCUT2D eigenvalue weighted by Gasteiger charge is 2.35. The summed E-state index contributed by atoms with van der Waals surface area (Å²) < 4.78 is 1.66. The van der Waals surface area contributed by atoms with Crippen LogP contribution in [0.3, 0.4) is 0 Å². The van der Waals surface area contributed by atoms with Crippen LogP contribution in [0.2, 0.25) is 0 Å². The molecule has 0 radical (unpaired) electrons. The first kappa shape index (κ1) is 21.5. The van der Waals surface area contributed by atoms with Crippen LogP contribution in [0.25, 0.3) is 17.0 Å². The third kappa shape index (κ3) is 3.58. The quantitative estimate of drug-likeness (QED) is 0.361. The summed E-state index contributed by atoms with van der Waals surface area (Å²) in [5.74, 6) is -1.98. The second-order valence-electron chi connectivity index (χ2n) is 7.73. The van der Waals surface area contributed by atoms with Crippen LogP contribution in [0.4, 0.5) is 5.69 Å². The Morgan fingerprint density at radius 2 is 1.91 bits per heavy atom. The van der Waals surface area contributed by atoms with Crippen LogP contribution in [0, 0.1) is 13.8 Å². The van der Waals surface area contributed by atoms with Gasteiger partial charge >= 0.3 is 5.97 Å². The predicted octanol–water partition coefficient (Wildman–Crippen LogP) is 3.74. The number of amides is 2. The van der Waals surface area contributed by atoms with Crippen molar-refractivity contribution >= 4 is 57.8 Å². The number of hydrogen-bond donors (Lipinski definition) is 2. The van der Waals surface area contributed by atoms with Crippen LogP contribution < -0.4 is 10.2 Å². The van der Waals surface area contributed by atoms with Crippen molar-refractivity contribution in [2.75, 3.05) is 4.90 Å². The van der Waals surface area contributed by atoms with E-state index in [0.717, 1.165) is 22.0 Å². The number of carbonyl (C=O) groups is 3. The standard InChI is InChI=1S/C24H21N3O4S/c1-13-5-4-6-19(14(13)2)27-22(29)18(21(28)25-24(27)32)12-16-7-8-20-17(11-16)9-10-26(20)15(3)23(30)31/h4-12,15H,1-3H3,(H,30,31)(H,25,28,32)/b18-12+/t15-/m0/s1. The number of hydrogen-bond acceptors (Lipinski definition) is 4. The SMILES string of the molecule is Cc1cccc(N2C(=O)/C(=C/c3ccc4c(ccn4[C@@H](C)C(=O)O)c3)C(=O)NC2=S)c1C. The molecule has 4 rings (SSSR count). The number of anilines is 1. The lowest BCUT2D eigenvalue weighted by molar-refractivity contribution is -0.140. The highest BCUT2D eigenvalue weighted by molar-refractivity contribution is 7.80. The van der Waals surface area contributed by atoms with Crippen LogP contribution >= 0.6 is 12.2 Å². The van der Waals surface area contributed by atoms with E-state index in [-0.39, 0.29) is 10.7 Å². The van der Waals surface area contributed by atoms with E-state index in [1.807, 2.05) is 32.0 Å². The van der Waals surface area contributed by atoms with Crippen molar-refractivity contribution in [3.8, 4) is 0 Å². The predicted molar refractivity (Wildman–Crippen MR) is 126 cm³/mol. The van der Waals surface area contributed by atoms with E-state index in [9.17, 15) is 19.5 Å². The Hall–Kier alpha value is -3.78. The van der Waals surface area contributed by atoms with Crippen LogP contribution in [0.1, 0.15) is 29.7 Å². The van der Waals surface area contributed by atoms with E-state index in [1.165, 1.54) is 11.0 Å². The highest BCUT2D eigenvalue weighted by atomic mass is 32.1. The maximum atomic E-state index is 13.3. The van der Waals surface area contributed by atoms with E-state index >= 15 is 0 Å². The Balaban J connectivity index is 1.74. The minimum atomic E-state index is -0.930. The molecule has 1 aliphatic rings. The van der Waals surface area contributed by atoms with Crippen LogP contribution in [-0.2, 0) is 14.4 Å². The van der Waals surface area contributed by atoms with Gasteiger partial charge in [0.05, 0.1) is 5.69 Å². The molecule has 0 unspecified atom stereocenters. The Morgan fingerprint density at radius 3 is 2.62 bits per heavy atom. The summed E-state index contributed by atoms with van der Waals surface area (Å²) in [6.07, 6.45) is 3.23. The minimum Gasteiger partial charge on any atom is -0.480 e. The number of benzene rings is 2. The number of aryl methyl sites for hydroxylation is 1. The highest BCUT2D eigenvalue weighted by Crippen LogP contribution is 2.28. The van der Waals surface area contributed by atoms with Gasteiger partial charge < -0.3 is 9.67 Å². The summed E-state index contributed by atoms with van der Waals surface area (Å²) in [4.78, 5) is 38.6. The molecule has 0 saturated carbocycles. The third-order valence-corrected chi connectivity index (χ3v) is 6.03. The fourth-order valence-electron chi connectivity index (χ4n) is 3.75. The summed E-state index contributed by atoms with van der Waals surface area (Å²) in [7, 11) is 0. The third-order valence-electron chi connectivity index (χ3n) is 5.75. The number of carbonyl (C=O) groups excluding carboxylic acids is 2. The van der Waals surface area contributed by atoms with Crippen molar-refractivity contribution in [3.05, 3.63) is 70.9 Å². The number of nitrogens with zero attached hydrogens (tertiary/aromatic N) is 2. The topological polar surface area (TPSA) is 91.6 Å². The number of nitrogens with one attached hydrogen (secondary N) is 1. The van der Waals surface area contributed by atoms with E-state index in [4.69, 9.17) is 12.2 Å². The summed E-state index contributed by atoms with van der Waals surface area (Å²) >= 11 is 5.29. The molecule has 8 heteroatoms. The average Bonchev–Trinajstić information content (AvgIpc) is 3.16. The molecule has 1 aliphatic heterocycles. The van der Waals surface area contributed by atoms with Gasteiger partial charge in [-0.2, -0.15) is 0 Å². The molecule has 2 aromatic carbocycles. The molecule has 0 spiro atoms. The molecule has 1 aromatic heterocycles. The molecule has 7 nitrogen and oxygen atoms in total. The molecular formula is C24H21N3O4S. The monoisotopic (exact) mass is 447 g/mol. The van der Waals surface area contributed by atoms with Crippen LogP contribution in [-0.4, -0.2) is 32.6 Å². The van der Waals surface area contributed by atoms with Crippen LogP contribution in [0.15, 0.2) is 54.2 Å². The first-order valence-electron chi connectivity index (χ1n) is 10.00. The van der Waals surface area contributed by atoms with Gasteiger partial charge in [-0.25, -0.2) is 4.79 Å². The zero-order valence-corrected chi connectivity index (χ0v) is 18.6. The fourth-order valence-corrected chi connectivity index (χ4v) is 4.02. The van der Waals surface area contributed by atoms with Crippen molar-refractivity contribution in [2.24, 2.45) is 0 Å². The Bertz CT molecular complexity index is 1340. The van der Waals surface area contributed by atoms with Gasteiger partial charge in [-0.05, 0) is 80.0 Å². The van der Waals surface area contributed by atoms with Gasteiger partial charge in [0.25, 0.3) is 11.8 Å². The van der Waals surface area contributed by atoms with Gasteiger partial charge in [0.15, 0.2) is 5.11 Å². The maximum Gasteiger partial charge on any atom is 0.326 e. The molecule has 32 heavy (non-hydrogen) atoms. The molecule has 2 amide bonds. The van der Waals surface area contributed by atoms with Gasteiger partial charge in [-0.3, -0.25) is 19.8 Å². The summed E-state index contributed by atoms with van der Waals surface area (Å²) in [5.41, 5.74) is 3.89. The summed E-state index contributed by atoms with van der Waals surface area (Å²) in [6, 6.07) is 12.0. The summed E-state index contributed by atoms with van der Waals surface area (Å²) in [5, 5.41) is 12.7. The van der Waals surface area contributed by atoms with E-state index in [2.05, 4.69) is 5.32 Å². The van der Waals surface area contributed by atoms with Gasteiger partial charge in [-0.1, -0.05) is 18.2 Å². The Labute approximate surface area is 189 Å². The molecule has 162 valence electrons. The van der Waals surface area contributed by atoms with Crippen molar-refractivity contribution in [1.29, 1.82) is 0 Å². The zero-order valence-electron chi connectivity index (χ0n) is 17.7. The lowest BCUT2D eigenvalue weighted by Gasteiger charge is -2.30. The number of aliphatic carboxylic acids is 1. The molecule has 0 bridgehead atoms. The van der Waals surface area contributed by atoms with Gasteiger partial charge in [0.2, 0.25) is 0 Å². The number of carboxylic acid groups (broad SMARTS) is 1. The lowest BCUT2D eigenvalue weighted by Crippen LogP contribution is -2.54. The fraction of sp³-hybridized carbons (Fsp3) is 0.167. The van der Waals surface area contributed by atoms with Gasteiger partial charge in [0.1, 0.15) is 11.6 Å². The molecular weight excluding hydrogens is 426 g/mol. The number of thiocarbonyl (C=S) groups is 1. The molecule has 0 aliphatic carbocycles. The Morgan fingerprint density at radius 1 is 1.16 bits per heavy atom. The number of rotatable bonds is 4. The molecule has 1 saturated heterocycles. The van der Waals surface area contributed by atoms with E-state index < -0.39 is 23.8 Å². The maximum absolute atomic E-state index is 13.3. The van der Waals surface area contributed by atoms with Gasteiger partial charge in [0, 0.05) is 17.1 Å². The van der Waals surface area contributed by atoms with Gasteiger partial charge in [-0.15, -0.1) is 0 Å². The Kier molecular flexibility index (Phi) is 5.40. The molecule has 2 N–H and O–H groups in total. The van der Waals surface area contributed by atoms with E-state index in [1.54, 1.807) is 42.0 Å². The smallest absolute Gasteiger partial charge is 0.326 e. The number of fused-ring (bicyclic) bond motifs is 1. The van der Waals surface area contributed by atoms with E-state index in [0.29, 0.717) is 11.3 Å². The molecule has 2 heterocycles. The lowest BCUT2D eigenvalue weighted by atomic mass is 10.0. The van der Waals surface area contributed by atoms with Crippen molar-refractivity contribution < 1.29 is 19.5 Å². The zero-order chi connectivity index (χ0) is 23.2. The first-order valence-corrected chi connectivity index (χ1v) is 10.4. The second kappa shape index (κ2) is 8.05. The normalized spacial score (nSPS) is 16.5. The largest absolute Gasteiger partial charge is 0.480 e. The van der Waals surface area contributed by atoms with Crippen LogP contribution in [0.5, 0.6) is 0 Å². The van der Waals surface area contributed by atoms with Crippen molar-refractivity contribution in [3.63, 3.8) is 0 Å². The first-order chi connectivity index (χ1) is 15.2. The summed E-state index contributed by atoms with van der Waals surface area (Å²) in [6.45, 7) is 5.45.